The highest BCUT2D eigenvalue weighted by molar-refractivity contribution is 14.1. The summed E-state index contributed by atoms with van der Waals surface area (Å²) in [7, 11) is 2.05. The van der Waals surface area contributed by atoms with Crippen LogP contribution in [-0.4, -0.2) is 13.1 Å². The zero-order valence-corrected chi connectivity index (χ0v) is 11.9. The summed E-state index contributed by atoms with van der Waals surface area (Å²) >= 11 is 2.34. The fourth-order valence-corrected chi connectivity index (χ4v) is 2.14. The maximum Gasteiger partial charge on any atom is 0.0130 e. The molecule has 1 nitrogen and oxygen atoms in total. The second-order valence-electron chi connectivity index (χ2n) is 4.30. The van der Waals surface area contributed by atoms with Crippen molar-refractivity contribution in [3.05, 3.63) is 33.4 Å². The lowest BCUT2D eigenvalue weighted by Gasteiger charge is -2.19. The Kier molecular flexibility index (Phi) is 5.61. The van der Waals surface area contributed by atoms with E-state index in [2.05, 4.69) is 73.1 Å². The Balaban J connectivity index is 2.45. The molecule has 1 aromatic rings. The molecule has 1 aromatic carbocycles. The Bertz CT molecular complexity index is 279. The molecule has 0 radical (unpaired) electrons. The molecule has 1 rings (SSSR count). The lowest BCUT2D eigenvalue weighted by molar-refractivity contribution is 0.403. The summed E-state index contributed by atoms with van der Waals surface area (Å²) < 4.78 is 1.31. The summed E-state index contributed by atoms with van der Waals surface area (Å²) in [6, 6.07) is 9.45. The van der Waals surface area contributed by atoms with Gasteiger partial charge in [0.05, 0.1) is 0 Å². The first kappa shape index (κ1) is 13.0. The van der Waals surface area contributed by atoms with Gasteiger partial charge < -0.3 is 5.32 Å². The third-order valence-corrected chi connectivity index (χ3v) is 3.55. The molecule has 84 valence electrons. The average molecular weight is 317 g/mol. The number of halogens is 1. The van der Waals surface area contributed by atoms with Crippen molar-refractivity contribution in [2.24, 2.45) is 5.92 Å². The molecule has 0 aliphatic rings. The largest absolute Gasteiger partial charge is 0.317 e. The van der Waals surface area contributed by atoms with Gasteiger partial charge in [-0.25, -0.2) is 0 Å². The zero-order chi connectivity index (χ0) is 11.3. The lowest BCUT2D eigenvalue weighted by atomic mass is 9.97. The fraction of sp³-hybridized carbons (Fsp3) is 0.538. The van der Waals surface area contributed by atoms with Crippen LogP contribution in [0.25, 0.3) is 0 Å². The number of benzene rings is 1. The van der Waals surface area contributed by atoms with E-state index in [9.17, 15) is 0 Å². The summed E-state index contributed by atoms with van der Waals surface area (Å²) in [5, 5.41) is 3.38. The van der Waals surface area contributed by atoms with E-state index in [-0.39, 0.29) is 0 Å². The van der Waals surface area contributed by atoms with Gasteiger partial charge in [-0.3, -0.25) is 0 Å². The molecule has 0 aliphatic heterocycles. The summed E-state index contributed by atoms with van der Waals surface area (Å²) in [6.45, 7) is 4.55. The minimum Gasteiger partial charge on any atom is -0.317 e. The molecule has 15 heavy (non-hydrogen) atoms. The van der Waals surface area contributed by atoms with Crippen molar-refractivity contribution in [2.75, 3.05) is 7.05 Å². The van der Waals surface area contributed by atoms with Crippen molar-refractivity contribution < 1.29 is 0 Å². The normalized spacial score (nSPS) is 13.1. The Morgan fingerprint density at radius 2 is 1.80 bits per heavy atom. The highest BCUT2D eigenvalue weighted by atomic mass is 127. The second-order valence-corrected chi connectivity index (χ2v) is 5.55. The smallest absolute Gasteiger partial charge is 0.0130 e. The molecule has 1 atom stereocenters. The number of hydrogen-bond donors (Lipinski definition) is 1. The van der Waals surface area contributed by atoms with Crippen molar-refractivity contribution in [1.29, 1.82) is 0 Å². The molecule has 0 aliphatic carbocycles. The van der Waals surface area contributed by atoms with Gasteiger partial charge in [0.2, 0.25) is 0 Å². The van der Waals surface area contributed by atoms with Gasteiger partial charge in [0, 0.05) is 9.61 Å². The molecular weight excluding hydrogens is 297 g/mol. The van der Waals surface area contributed by atoms with Crippen molar-refractivity contribution in [3.63, 3.8) is 0 Å². The first-order valence-corrected chi connectivity index (χ1v) is 6.63. The number of hydrogen-bond acceptors (Lipinski definition) is 1. The standard InChI is InChI=1S/C13H20IN/c1-10(2)13(15-3)9-6-11-4-7-12(14)8-5-11/h4-5,7-8,10,13,15H,6,9H2,1-3H3. The third-order valence-electron chi connectivity index (χ3n) is 2.83. The summed E-state index contributed by atoms with van der Waals surface area (Å²) in [4.78, 5) is 0. The van der Waals surface area contributed by atoms with E-state index in [4.69, 9.17) is 0 Å². The highest BCUT2D eigenvalue weighted by Gasteiger charge is 2.10. The van der Waals surface area contributed by atoms with Gasteiger partial charge in [-0.1, -0.05) is 26.0 Å². The Labute approximate surface area is 107 Å². The summed E-state index contributed by atoms with van der Waals surface area (Å²) in [5.74, 6) is 0.707. The van der Waals surface area contributed by atoms with E-state index in [1.54, 1.807) is 0 Å². The maximum absolute atomic E-state index is 3.38. The van der Waals surface area contributed by atoms with Gasteiger partial charge in [0.25, 0.3) is 0 Å². The molecule has 0 heterocycles. The van der Waals surface area contributed by atoms with Gasteiger partial charge in [-0.15, -0.1) is 0 Å². The quantitative estimate of drug-likeness (QED) is 0.820. The predicted molar refractivity (Wildman–Crippen MR) is 75.2 cm³/mol. The van der Waals surface area contributed by atoms with Gasteiger partial charge >= 0.3 is 0 Å². The van der Waals surface area contributed by atoms with Crippen molar-refractivity contribution in [3.8, 4) is 0 Å². The van der Waals surface area contributed by atoms with E-state index < -0.39 is 0 Å². The first-order chi connectivity index (χ1) is 7.13. The maximum atomic E-state index is 3.38. The molecule has 0 fully saturated rings. The Morgan fingerprint density at radius 3 is 2.27 bits per heavy atom. The minimum absolute atomic E-state index is 0.629. The number of aryl methyl sites for hydroxylation is 1. The van der Waals surface area contributed by atoms with Crippen LogP contribution in [0.5, 0.6) is 0 Å². The zero-order valence-electron chi connectivity index (χ0n) is 9.76. The SMILES string of the molecule is CNC(CCc1ccc(I)cc1)C(C)C. The molecule has 0 saturated carbocycles. The second kappa shape index (κ2) is 6.48. The van der Waals surface area contributed by atoms with Crippen LogP contribution in [0, 0.1) is 9.49 Å². The minimum atomic E-state index is 0.629. The van der Waals surface area contributed by atoms with Crippen molar-refractivity contribution in [1.82, 2.24) is 5.32 Å². The topological polar surface area (TPSA) is 12.0 Å². The van der Waals surface area contributed by atoms with Crippen LogP contribution in [0.4, 0.5) is 0 Å². The van der Waals surface area contributed by atoms with Crippen LogP contribution in [0.2, 0.25) is 0 Å². The third kappa shape index (κ3) is 4.51. The van der Waals surface area contributed by atoms with Gasteiger partial charge in [-0.05, 0) is 66.1 Å². The van der Waals surface area contributed by atoms with Gasteiger partial charge in [-0.2, -0.15) is 0 Å². The van der Waals surface area contributed by atoms with Crippen LogP contribution in [-0.2, 0) is 6.42 Å². The number of rotatable bonds is 5. The van der Waals surface area contributed by atoms with Crippen molar-refractivity contribution >= 4 is 22.6 Å². The Morgan fingerprint density at radius 1 is 1.20 bits per heavy atom. The molecule has 2 heteroatoms. The van der Waals surface area contributed by atoms with Crippen molar-refractivity contribution in [2.45, 2.75) is 32.7 Å². The van der Waals surface area contributed by atoms with Crippen LogP contribution in [0.1, 0.15) is 25.8 Å². The van der Waals surface area contributed by atoms with E-state index >= 15 is 0 Å². The molecule has 0 spiro atoms. The summed E-state index contributed by atoms with van der Waals surface area (Å²) in [6.07, 6.45) is 2.38. The predicted octanol–water partition coefficient (Wildman–Crippen LogP) is 3.47. The monoisotopic (exact) mass is 317 g/mol. The van der Waals surface area contributed by atoms with E-state index in [0.29, 0.717) is 12.0 Å². The van der Waals surface area contributed by atoms with Gasteiger partial charge in [0.15, 0.2) is 0 Å². The van der Waals surface area contributed by atoms with Crippen LogP contribution >= 0.6 is 22.6 Å². The van der Waals surface area contributed by atoms with E-state index in [0.717, 1.165) is 0 Å². The van der Waals surface area contributed by atoms with Crippen LogP contribution < -0.4 is 5.32 Å². The van der Waals surface area contributed by atoms with Gasteiger partial charge in [0.1, 0.15) is 0 Å². The van der Waals surface area contributed by atoms with Crippen LogP contribution in [0.15, 0.2) is 24.3 Å². The highest BCUT2D eigenvalue weighted by Crippen LogP contribution is 2.12. The summed E-state index contributed by atoms with van der Waals surface area (Å²) in [5.41, 5.74) is 1.44. The molecular formula is C13H20IN. The number of nitrogens with one attached hydrogen (secondary N) is 1. The molecule has 0 amide bonds. The molecule has 0 saturated heterocycles. The first-order valence-electron chi connectivity index (χ1n) is 5.55. The lowest BCUT2D eigenvalue weighted by Crippen LogP contribution is -2.30. The molecule has 0 bridgehead atoms. The van der Waals surface area contributed by atoms with E-state index in [1.807, 2.05) is 0 Å². The molecule has 1 unspecified atom stereocenters. The molecule has 0 aromatic heterocycles. The van der Waals surface area contributed by atoms with Crippen LogP contribution in [0.3, 0.4) is 0 Å². The molecule has 1 N–H and O–H groups in total. The fourth-order valence-electron chi connectivity index (χ4n) is 1.78. The Hall–Kier alpha value is -0.0900. The average Bonchev–Trinajstić information content (AvgIpc) is 2.21. The van der Waals surface area contributed by atoms with E-state index in [1.165, 1.54) is 22.0 Å².